The minimum atomic E-state index is -3.33. The standard InChI is InChI=1S/C16H16N4O4S2/c1-26(22,23)20-13-4-2-12(3-5-13)17-14(21)6-7-15-18-16(19-24-15)11-8-9-25-10-11/h2-5,8-10,20H,6-7H2,1H3,(H,17,21). The lowest BCUT2D eigenvalue weighted by molar-refractivity contribution is -0.116. The molecule has 0 radical (unpaired) electrons. The van der Waals surface area contributed by atoms with Gasteiger partial charge in [-0.3, -0.25) is 9.52 Å². The largest absolute Gasteiger partial charge is 0.339 e. The van der Waals surface area contributed by atoms with Gasteiger partial charge in [-0.25, -0.2) is 8.42 Å². The number of hydrogen-bond acceptors (Lipinski definition) is 7. The van der Waals surface area contributed by atoms with Gasteiger partial charge in [0.2, 0.25) is 27.6 Å². The minimum absolute atomic E-state index is 0.189. The van der Waals surface area contributed by atoms with Crippen molar-refractivity contribution in [2.24, 2.45) is 0 Å². The second-order valence-corrected chi connectivity index (χ2v) is 8.05. The van der Waals surface area contributed by atoms with Gasteiger partial charge in [0, 0.05) is 35.2 Å². The van der Waals surface area contributed by atoms with E-state index in [1.807, 2.05) is 16.8 Å². The zero-order valence-electron chi connectivity index (χ0n) is 13.8. The first kappa shape index (κ1) is 18.1. The van der Waals surface area contributed by atoms with Gasteiger partial charge in [-0.2, -0.15) is 16.3 Å². The van der Waals surface area contributed by atoms with Crippen molar-refractivity contribution in [3.05, 3.63) is 47.0 Å². The summed E-state index contributed by atoms with van der Waals surface area (Å²) in [6, 6.07) is 8.28. The molecule has 0 aliphatic heterocycles. The Hall–Kier alpha value is -2.72. The molecule has 0 saturated heterocycles. The first-order valence-corrected chi connectivity index (χ1v) is 10.5. The predicted octanol–water partition coefficient (Wildman–Crippen LogP) is 2.74. The smallest absolute Gasteiger partial charge is 0.229 e. The van der Waals surface area contributed by atoms with E-state index in [0.29, 0.717) is 29.5 Å². The monoisotopic (exact) mass is 392 g/mol. The van der Waals surface area contributed by atoms with Crippen LogP contribution in [0.2, 0.25) is 0 Å². The van der Waals surface area contributed by atoms with Crippen molar-refractivity contribution in [2.75, 3.05) is 16.3 Å². The number of benzene rings is 1. The molecule has 0 saturated carbocycles. The molecule has 10 heteroatoms. The van der Waals surface area contributed by atoms with Gasteiger partial charge in [0.05, 0.1) is 6.26 Å². The molecule has 0 spiro atoms. The van der Waals surface area contributed by atoms with Crippen molar-refractivity contribution in [1.29, 1.82) is 0 Å². The number of nitrogens with zero attached hydrogens (tertiary/aromatic N) is 2. The fourth-order valence-electron chi connectivity index (χ4n) is 2.14. The molecule has 1 aromatic carbocycles. The molecule has 2 N–H and O–H groups in total. The number of carbonyl (C=O) groups is 1. The topological polar surface area (TPSA) is 114 Å². The lowest BCUT2D eigenvalue weighted by atomic mass is 10.2. The van der Waals surface area contributed by atoms with E-state index < -0.39 is 10.0 Å². The fourth-order valence-corrected chi connectivity index (χ4v) is 3.34. The molecule has 0 unspecified atom stereocenters. The van der Waals surface area contributed by atoms with Crippen molar-refractivity contribution >= 4 is 38.6 Å². The summed E-state index contributed by atoms with van der Waals surface area (Å²) >= 11 is 1.54. The average Bonchev–Trinajstić information content (AvgIpc) is 3.24. The highest BCUT2D eigenvalue weighted by molar-refractivity contribution is 7.92. The van der Waals surface area contributed by atoms with Gasteiger partial charge in [0.25, 0.3) is 0 Å². The highest BCUT2D eigenvalue weighted by atomic mass is 32.2. The Balaban J connectivity index is 1.51. The maximum Gasteiger partial charge on any atom is 0.229 e. The second-order valence-electron chi connectivity index (χ2n) is 5.52. The van der Waals surface area contributed by atoms with Crippen molar-refractivity contribution in [3.63, 3.8) is 0 Å². The summed E-state index contributed by atoms with van der Waals surface area (Å²) in [5.74, 6) is 0.703. The maximum absolute atomic E-state index is 12.0. The number of carbonyl (C=O) groups excluding carboxylic acids is 1. The summed E-state index contributed by atoms with van der Waals surface area (Å²) in [7, 11) is -3.33. The van der Waals surface area contributed by atoms with Gasteiger partial charge in [0.1, 0.15) is 0 Å². The number of nitrogens with one attached hydrogen (secondary N) is 2. The van der Waals surface area contributed by atoms with Crippen LogP contribution < -0.4 is 10.0 Å². The quantitative estimate of drug-likeness (QED) is 0.639. The summed E-state index contributed by atoms with van der Waals surface area (Å²) in [5.41, 5.74) is 1.88. The number of sulfonamides is 1. The van der Waals surface area contributed by atoms with Crippen LogP contribution in [0.1, 0.15) is 12.3 Å². The van der Waals surface area contributed by atoms with Gasteiger partial charge in [0.15, 0.2) is 0 Å². The Morgan fingerprint density at radius 3 is 2.58 bits per heavy atom. The van der Waals surface area contributed by atoms with E-state index in [2.05, 4.69) is 20.2 Å². The molecule has 1 amide bonds. The molecule has 8 nitrogen and oxygen atoms in total. The number of aromatic nitrogens is 2. The second kappa shape index (κ2) is 7.67. The SMILES string of the molecule is CS(=O)(=O)Nc1ccc(NC(=O)CCc2nc(-c3ccsc3)no2)cc1. The molecule has 2 heterocycles. The molecule has 0 bridgehead atoms. The number of hydrogen-bond donors (Lipinski definition) is 2. The number of anilines is 2. The number of thiophene rings is 1. The van der Waals surface area contributed by atoms with Crippen LogP contribution in [0.5, 0.6) is 0 Å². The molecule has 0 aliphatic rings. The molecule has 3 aromatic rings. The van der Waals surface area contributed by atoms with Crippen molar-refractivity contribution < 1.29 is 17.7 Å². The average molecular weight is 392 g/mol. The van der Waals surface area contributed by atoms with Crippen LogP contribution in [0.3, 0.4) is 0 Å². The first-order chi connectivity index (χ1) is 12.4. The molecular weight excluding hydrogens is 376 g/mol. The normalized spacial score (nSPS) is 11.3. The molecule has 2 aromatic heterocycles. The summed E-state index contributed by atoms with van der Waals surface area (Å²) < 4.78 is 29.8. The van der Waals surface area contributed by atoms with Crippen LogP contribution in [-0.4, -0.2) is 30.7 Å². The molecule has 0 fully saturated rings. The minimum Gasteiger partial charge on any atom is -0.339 e. The summed E-state index contributed by atoms with van der Waals surface area (Å²) in [6.45, 7) is 0. The molecule has 26 heavy (non-hydrogen) atoms. The van der Waals surface area contributed by atoms with E-state index in [4.69, 9.17) is 4.52 Å². The zero-order chi connectivity index (χ0) is 18.6. The van der Waals surface area contributed by atoms with Crippen LogP contribution >= 0.6 is 11.3 Å². The Kier molecular flexibility index (Phi) is 5.33. The van der Waals surface area contributed by atoms with Crippen molar-refractivity contribution in [1.82, 2.24) is 10.1 Å². The summed E-state index contributed by atoms with van der Waals surface area (Å²) in [4.78, 5) is 16.3. The van der Waals surface area contributed by atoms with E-state index in [1.54, 1.807) is 35.6 Å². The van der Waals surface area contributed by atoms with Gasteiger partial charge in [-0.05, 0) is 35.7 Å². The van der Waals surface area contributed by atoms with E-state index in [0.717, 1.165) is 11.8 Å². The Morgan fingerprint density at radius 1 is 1.19 bits per heavy atom. The van der Waals surface area contributed by atoms with E-state index in [1.165, 1.54) is 0 Å². The number of rotatable bonds is 7. The predicted molar refractivity (Wildman–Crippen MR) is 99.5 cm³/mol. The van der Waals surface area contributed by atoms with Crippen LogP contribution in [-0.2, 0) is 21.2 Å². The number of amides is 1. The van der Waals surface area contributed by atoms with Gasteiger partial charge in [-0.15, -0.1) is 0 Å². The third-order valence-corrected chi connectivity index (χ3v) is 4.58. The Morgan fingerprint density at radius 2 is 1.92 bits per heavy atom. The van der Waals surface area contributed by atoms with E-state index in [9.17, 15) is 13.2 Å². The molecule has 136 valence electrons. The van der Waals surface area contributed by atoms with Crippen LogP contribution in [0, 0.1) is 0 Å². The summed E-state index contributed by atoms with van der Waals surface area (Å²) in [6.07, 6.45) is 1.59. The number of aryl methyl sites for hydroxylation is 1. The fraction of sp³-hybridized carbons (Fsp3) is 0.188. The zero-order valence-corrected chi connectivity index (χ0v) is 15.4. The van der Waals surface area contributed by atoms with Crippen LogP contribution in [0.15, 0.2) is 45.6 Å². The third-order valence-electron chi connectivity index (χ3n) is 3.29. The highest BCUT2D eigenvalue weighted by Gasteiger charge is 2.11. The molecule has 0 aliphatic carbocycles. The summed E-state index contributed by atoms with van der Waals surface area (Å²) in [5, 5.41) is 10.5. The van der Waals surface area contributed by atoms with Crippen LogP contribution in [0.25, 0.3) is 11.4 Å². The molecular formula is C16H16N4O4S2. The lowest BCUT2D eigenvalue weighted by Gasteiger charge is -2.07. The third kappa shape index (κ3) is 5.14. The lowest BCUT2D eigenvalue weighted by Crippen LogP contribution is -2.13. The first-order valence-electron chi connectivity index (χ1n) is 7.62. The Labute approximate surface area is 154 Å². The maximum atomic E-state index is 12.0. The van der Waals surface area contributed by atoms with Gasteiger partial charge < -0.3 is 9.84 Å². The van der Waals surface area contributed by atoms with Gasteiger partial charge >= 0.3 is 0 Å². The van der Waals surface area contributed by atoms with E-state index >= 15 is 0 Å². The highest BCUT2D eigenvalue weighted by Crippen LogP contribution is 2.19. The van der Waals surface area contributed by atoms with Crippen molar-refractivity contribution in [2.45, 2.75) is 12.8 Å². The van der Waals surface area contributed by atoms with Crippen molar-refractivity contribution in [3.8, 4) is 11.4 Å². The van der Waals surface area contributed by atoms with Gasteiger partial charge in [-0.1, -0.05) is 5.16 Å². The molecule has 0 atom stereocenters. The van der Waals surface area contributed by atoms with E-state index in [-0.39, 0.29) is 12.3 Å². The Bertz CT molecular complexity index is 980. The molecule has 3 rings (SSSR count). The van der Waals surface area contributed by atoms with Crippen LogP contribution in [0.4, 0.5) is 11.4 Å².